The predicted molar refractivity (Wildman–Crippen MR) is 144 cm³/mol. The second-order valence-electron chi connectivity index (χ2n) is 8.41. The van der Waals surface area contributed by atoms with Crippen LogP contribution in [0, 0.1) is 20.2 Å². The Morgan fingerprint density at radius 1 is 0.500 bits per heavy atom. The lowest BCUT2D eigenvalue weighted by molar-refractivity contribution is -0.742. The minimum atomic E-state index is -1.50. The molecule has 0 amide bonds. The minimum Gasteiger partial charge on any atom is -0.344 e. The third kappa shape index (κ3) is 4.82. The van der Waals surface area contributed by atoms with Gasteiger partial charge in [-0.25, -0.2) is 0 Å². The molecule has 4 aromatic carbocycles. The molecule has 10 nitrogen and oxygen atoms in total. The number of nitrogens with zero attached hydrogens (tertiary/aromatic N) is 4. The van der Waals surface area contributed by atoms with Crippen molar-refractivity contribution in [2.75, 3.05) is 23.9 Å². The summed E-state index contributed by atoms with van der Waals surface area (Å²) in [6.45, 7) is 0. The van der Waals surface area contributed by atoms with E-state index in [2.05, 4.69) is 121 Å². The molecule has 0 radical (unpaired) electrons. The van der Waals surface area contributed by atoms with E-state index < -0.39 is 10.2 Å². The highest BCUT2D eigenvalue weighted by molar-refractivity contribution is 6.15. The predicted octanol–water partition coefficient (Wildman–Crippen LogP) is 6.16. The molecule has 2 aliphatic heterocycles. The highest BCUT2D eigenvalue weighted by atomic mass is 16.9. The van der Waals surface area contributed by atoms with Crippen molar-refractivity contribution in [1.82, 2.24) is 0 Å². The average molecular weight is 513 g/mol. The van der Waals surface area contributed by atoms with E-state index in [1.165, 1.54) is 56.1 Å². The smallest absolute Gasteiger partial charge is 0.291 e. The number of fused-ring (bicyclic) bond motifs is 4. The topological polar surface area (TPSA) is 133 Å². The number of hydrogen-bond donors (Lipinski definition) is 2. The van der Waals surface area contributed by atoms with E-state index in [4.69, 9.17) is 30.6 Å². The molecule has 0 unspecified atom stereocenters. The lowest BCUT2D eigenvalue weighted by Gasteiger charge is -2.37. The van der Waals surface area contributed by atoms with Gasteiger partial charge in [0, 0.05) is 70.2 Å². The van der Waals surface area contributed by atoms with E-state index in [0.29, 0.717) is 0 Å². The second-order valence-corrected chi connectivity index (χ2v) is 8.41. The first-order valence-corrected chi connectivity index (χ1v) is 11.5. The van der Waals surface area contributed by atoms with Crippen LogP contribution in [0.15, 0.2) is 97.1 Å². The van der Waals surface area contributed by atoms with Crippen LogP contribution in [0.5, 0.6) is 0 Å². The zero-order chi connectivity index (χ0) is 27.4. The minimum absolute atomic E-state index is 1.24. The van der Waals surface area contributed by atoms with Crippen molar-refractivity contribution >= 4 is 33.9 Å². The number of hydrogen-bond acceptors (Lipinski definition) is 6. The monoisotopic (exact) mass is 512 g/mol. The highest BCUT2D eigenvalue weighted by Gasteiger charge is 2.31. The number of benzene rings is 4. The Kier molecular flexibility index (Phi) is 7.24. The maximum Gasteiger partial charge on any atom is 0.291 e. The summed E-state index contributed by atoms with van der Waals surface area (Å²) >= 11 is 0. The number of rotatable bonds is 0. The average Bonchev–Trinajstić information content (AvgIpc) is 2.90. The summed E-state index contributed by atoms with van der Waals surface area (Å²) in [4.78, 5) is 21.3. The van der Waals surface area contributed by atoms with Gasteiger partial charge in [0.2, 0.25) is 0 Å². The maximum absolute atomic E-state index is 8.36. The van der Waals surface area contributed by atoms with Crippen molar-refractivity contribution in [1.29, 1.82) is 0 Å². The van der Waals surface area contributed by atoms with Gasteiger partial charge in [-0.3, -0.25) is 0 Å². The zero-order valence-electron chi connectivity index (χ0n) is 20.6. The summed E-state index contributed by atoms with van der Waals surface area (Å²) < 4.78 is 0. The number of para-hydroxylation sites is 4. The Balaban J connectivity index is 0.000000373. The number of anilines is 4. The third-order valence-electron chi connectivity index (χ3n) is 6.39. The zero-order valence-corrected chi connectivity index (χ0v) is 20.6. The molecule has 2 aliphatic rings. The second kappa shape index (κ2) is 10.7. The van der Waals surface area contributed by atoms with Gasteiger partial charge in [0.15, 0.2) is 0 Å². The van der Waals surface area contributed by atoms with E-state index in [-0.39, 0.29) is 0 Å². The molecule has 2 N–H and O–H groups in total. The van der Waals surface area contributed by atoms with Gasteiger partial charge in [-0.1, -0.05) is 72.8 Å². The standard InChI is InChI=1S/C28H22N2.2HNO3/c1-29-23-15-7-3-11-19(23)27(20-12-4-8-16-24(20)29)28-21-13-5-9-17-25(21)30(2)26-18-10-6-14-22(26)28;2*2-1(3)4/h3-18H,1-2H3;2*(H,2,3,4). The molecule has 0 saturated carbocycles. The molecule has 38 heavy (non-hydrogen) atoms. The largest absolute Gasteiger partial charge is 0.344 e. The Morgan fingerprint density at radius 2 is 0.684 bits per heavy atom. The van der Waals surface area contributed by atoms with Crippen LogP contribution in [0.2, 0.25) is 0 Å². The van der Waals surface area contributed by atoms with Gasteiger partial charge < -0.3 is 20.2 Å². The van der Waals surface area contributed by atoms with Crippen LogP contribution in [0.25, 0.3) is 11.1 Å². The Bertz CT molecular complexity index is 1330. The van der Waals surface area contributed by atoms with E-state index >= 15 is 0 Å². The molecule has 0 spiro atoms. The van der Waals surface area contributed by atoms with Gasteiger partial charge >= 0.3 is 0 Å². The molecule has 10 heteroatoms. The van der Waals surface area contributed by atoms with Gasteiger partial charge in [-0.05, 0) is 24.3 Å². The Hall–Kier alpha value is -5.38. The molecule has 2 heterocycles. The Morgan fingerprint density at radius 3 is 0.895 bits per heavy atom. The first kappa shape index (κ1) is 25.7. The van der Waals surface area contributed by atoms with Crippen molar-refractivity contribution in [3.8, 4) is 0 Å². The van der Waals surface area contributed by atoms with Gasteiger partial charge in [0.25, 0.3) is 10.2 Å². The lowest BCUT2D eigenvalue weighted by atomic mass is 9.80. The molecule has 192 valence electrons. The summed E-state index contributed by atoms with van der Waals surface area (Å²) in [6.07, 6.45) is 0. The molecule has 0 atom stereocenters. The fourth-order valence-electron chi connectivity index (χ4n) is 5.00. The Labute approximate surface area is 218 Å². The van der Waals surface area contributed by atoms with Crippen molar-refractivity contribution < 1.29 is 20.6 Å². The SMILES string of the molecule is CN1c2ccccc2C(=C2c3ccccc3N(C)c3ccccc32)c2ccccc21.O=[N+]([O-])O.O=[N+]([O-])O. The van der Waals surface area contributed by atoms with Crippen molar-refractivity contribution in [2.24, 2.45) is 0 Å². The van der Waals surface area contributed by atoms with Crippen LogP contribution in [0.3, 0.4) is 0 Å². The van der Waals surface area contributed by atoms with E-state index in [1.807, 2.05) is 0 Å². The van der Waals surface area contributed by atoms with Crippen LogP contribution >= 0.6 is 0 Å². The summed E-state index contributed by atoms with van der Waals surface area (Å²) in [5.41, 5.74) is 12.7. The fourth-order valence-corrected chi connectivity index (χ4v) is 5.00. The van der Waals surface area contributed by atoms with Crippen molar-refractivity contribution in [3.05, 3.63) is 140 Å². The fraction of sp³-hybridized carbons (Fsp3) is 0.0714. The summed E-state index contributed by atoms with van der Waals surface area (Å²) in [5, 5.41) is 27.3. The quantitative estimate of drug-likeness (QED) is 0.211. The summed E-state index contributed by atoms with van der Waals surface area (Å²) in [7, 11) is 4.32. The first-order valence-electron chi connectivity index (χ1n) is 11.5. The van der Waals surface area contributed by atoms with Gasteiger partial charge in [-0.2, -0.15) is 0 Å². The maximum atomic E-state index is 8.36. The molecule has 0 aliphatic carbocycles. The molecule has 0 aromatic heterocycles. The molecular formula is C28H24N4O6. The van der Waals surface area contributed by atoms with Crippen LogP contribution in [-0.4, -0.2) is 34.7 Å². The molecule has 4 aromatic rings. The van der Waals surface area contributed by atoms with Crippen LogP contribution in [0.1, 0.15) is 22.3 Å². The van der Waals surface area contributed by atoms with Crippen LogP contribution in [0.4, 0.5) is 22.7 Å². The van der Waals surface area contributed by atoms with E-state index in [9.17, 15) is 0 Å². The van der Waals surface area contributed by atoms with Gasteiger partial charge in [0.05, 0.1) is 0 Å². The summed E-state index contributed by atoms with van der Waals surface area (Å²) in [6, 6.07) is 35.0. The van der Waals surface area contributed by atoms with Gasteiger partial charge in [0.1, 0.15) is 0 Å². The van der Waals surface area contributed by atoms with Gasteiger partial charge in [-0.15, -0.1) is 20.2 Å². The highest BCUT2D eigenvalue weighted by Crippen LogP contribution is 2.53. The van der Waals surface area contributed by atoms with E-state index in [1.54, 1.807) is 0 Å². The molecular weight excluding hydrogens is 488 g/mol. The summed E-state index contributed by atoms with van der Waals surface area (Å²) in [5.74, 6) is 0. The normalized spacial score (nSPS) is 12.4. The van der Waals surface area contributed by atoms with Crippen molar-refractivity contribution in [2.45, 2.75) is 0 Å². The molecule has 0 saturated heterocycles. The van der Waals surface area contributed by atoms with E-state index in [0.717, 1.165) is 0 Å². The lowest BCUT2D eigenvalue weighted by Crippen LogP contribution is -2.21. The van der Waals surface area contributed by atoms with Crippen molar-refractivity contribution in [3.63, 3.8) is 0 Å². The molecule has 0 fully saturated rings. The van der Waals surface area contributed by atoms with Crippen LogP contribution in [-0.2, 0) is 0 Å². The molecule has 6 rings (SSSR count). The first-order chi connectivity index (χ1) is 18.2. The molecule has 0 bridgehead atoms. The third-order valence-corrected chi connectivity index (χ3v) is 6.39. The van der Waals surface area contributed by atoms with Crippen LogP contribution < -0.4 is 9.80 Å².